The molecule has 4 nitrogen and oxygen atoms in total. The van der Waals surface area contributed by atoms with Crippen molar-refractivity contribution in [1.82, 2.24) is 4.98 Å². The number of fused-ring (bicyclic) bond motifs is 1. The molecule has 3 aromatic rings. The minimum absolute atomic E-state index is 0.0943. The number of aryl methyl sites for hydroxylation is 1. The third kappa shape index (κ3) is 3.10. The number of rotatable bonds is 4. The van der Waals surface area contributed by atoms with E-state index in [2.05, 4.69) is 34.3 Å². The van der Waals surface area contributed by atoms with Gasteiger partial charge in [0.2, 0.25) is 0 Å². The van der Waals surface area contributed by atoms with E-state index in [1.54, 1.807) is 0 Å². The van der Waals surface area contributed by atoms with Crippen molar-refractivity contribution >= 4 is 28.6 Å². The first-order chi connectivity index (χ1) is 12.7. The van der Waals surface area contributed by atoms with E-state index in [-0.39, 0.29) is 5.91 Å². The van der Waals surface area contributed by atoms with Gasteiger partial charge in [-0.25, -0.2) is 4.98 Å². The number of carbonyl (C=O) groups excluding carboxylic acids is 1. The number of amides is 1. The number of aromatic nitrogens is 1. The predicted octanol–water partition coefficient (Wildman–Crippen LogP) is 4.75. The molecule has 1 aliphatic heterocycles. The molecular weight excluding hydrogens is 342 g/mol. The van der Waals surface area contributed by atoms with Crippen molar-refractivity contribution in [3.63, 3.8) is 0 Å². The third-order valence-electron chi connectivity index (χ3n) is 4.74. The summed E-state index contributed by atoms with van der Waals surface area (Å²) in [7, 11) is 0. The molecule has 1 aromatic heterocycles. The number of hydrogen-bond acceptors (Lipinski definition) is 4. The van der Waals surface area contributed by atoms with Gasteiger partial charge in [0.15, 0.2) is 0 Å². The Morgan fingerprint density at radius 1 is 1.23 bits per heavy atom. The second kappa shape index (κ2) is 6.92. The quantitative estimate of drug-likeness (QED) is 0.727. The Kier molecular flexibility index (Phi) is 4.47. The number of hydrogen-bond donors (Lipinski definition) is 1. The van der Waals surface area contributed by atoms with E-state index in [9.17, 15) is 4.79 Å². The van der Waals surface area contributed by atoms with Gasteiger partial charge < -0.3 is 10.2 Å². The number of thiazole rings is 1. The fraction of sp³-hybridized carbons (Fsp3) is 0.238. The summed E-state index contributed by atoms with van der Waals surface area (Å²) in [6.07, 6.45) is 1.08. The molecule has 0 spiro atoms. The second-order valence-corrected chi connectivity index (χ2v) is 7.43. The number of anilines is 2. The lowest BCUT2D eigenvalue weighted by Gasteiger charge is -2.17. The summed E-state index contributed by atoms with van der Waals surface area (Å²) in [5.74, 6) is -0.0943. The van der Waals surface area contributed by atoms with E-state index in [4.69, 9.17) is 0 Å². The zero-order chi connectivity index (χ0) is 18.1. The van der Waals surface area contributed by atoms with Gasteiger partial charge >= 0.3 is 0 Å². The van der Waals surface area contributed by atoms with Crippen molar-refractivity contribution in [2.45, 2.75) is 20.3 Å². The Labute approximate surface area is 157 Å². The van der Waals surface area contributed by atoms with E-state index in [1.165, 1.54) is 22.6 Å². The molecule has 0 saturated heterocycles. The van der Waals surface area contributed by atoms with Gasteiger partial charge in [-0.15, -0.1) is 11.3 Å². The first kappa shape index (κ1) is 16.8. The summed E-state index contributed by atoms with van der Waals surface area (Å²) >= 11 is 1.44. The van der Waals surface area contributed by atoms with Crippen LogP contribution in [0.15, 0.2) is 48.5 Å². The topological polar surface area (TPSA) is 45.2 Å². The van der Waals surface area contributed by atoms with Crippen molar-refractivity contribution in [2.75, 3.05) is 23.3 Å². The van der Waals surface area contributed by atoms with Gasteiger partial charge in [-0.2, -0.15) is 0 Å². The van der Waals surface area contributed by atoms with Crippen molar-refractivity contribution in [2.24, 2.45) is 0 Å². The molecule has 0 radical (unpaired) electrons. The molecular formula is C21H21N3OS. The molecule has 2 heterocycles. The normalized spacial score (nSPS) is 12.9. The van der Waals surface area contributed by atoms with Crippen LogP contribution >= 0.6 is 11.3 Å². The molecule has 0 atom stereocenters. The van der Waals surface area contributed by atoms with Gasteiger partial charge in [-0.05, 0) is 38.0 Å². The molecule has 1 N–H and O–H groups in total. The van der Waals surface area contributed by atoms with Crippen LogP contribution in [0.25, 0.3) is 10.6 Å². The van der Waals surface area contributed by atoms with Gasteiger partial charge in [0.05, 0.1) is 5.69 Å². The van der Waals surface area contributed by atoms with Crippen LogP contribution in [0.4, 0.5) is 11.4 Å². The number of nitrogens with one attached hydrogen (secondary N) is 1. The van der Waals surface area contributed by atoms with Gasteiger partial charge in [0.1, 0.15) is 9.88 Å². The molecule has 132 valence electrons. The molecule has 1 aliphatic rings. The summed E-state index contributed by atoms with van der Waals surface area (Å²) in [5.41, 5.74) is 5.23. The highest BCUT2D eigenvalue weighted by atomic mass is 32.1. The summed E-state index contributed by atoms with van der Waals surface area (Å²) in [6, 6.07) is 16.2. The Hall–Kier alpha value is -2.66. The largest absolute Gasteiger partial charge is 0.371 e. The van der Waals surface area contributed by atoms with Crippen LogP contribution in [0.3, 0.4) is 0 Å². The number of likely N-dealkylation sites (N-methyl/N-ethyl adjacent to an activating group) is 1. The lowest BCUT2D eigenvalue weighted by Crippen LogP contribution is -2.19. The maximum Gasteiger partial charge on any atom is 0.267 e. The standard InChI is InChI=1S/C21H21N3OS/c1-3-24-12-11-15-9-10-17(13-18(15)24)23-20(25)19-14(2)22-21(26-19)16-7-5-4-6-8-16/h4-10,13H,3,11-12H2,1-2H3,(H,23,25). The van der Waals surface area contributed by atoms with Crippen molar-refractivity contribution in [1.29, 1.82) is 0 Å². The lowest BCUT2D eigenvalue weighted by molar-refractivity contribution is 0.103. The fourth-order valence-electron chi connectivity index (χ4n) is 3.35. The van der Waals surface area contributed by atoms with Gasteiger partial charge in [-0.1, -0.05) is 36.4 Å². The van der Waals surface area contributed by atoms with Crippen LogP contribution in [0.5, 0.6) is 0 Å². The summed E-state index contributed by atoms with van der Waals surface area (Å²) in [6.45, 7) is 6.09. The number of benzene rings is 2. The minimum Gasteiger partial charge on any atom is -0.371 e. The first-order valence-electron chi connectivity index (χ1n) is 8.88. The smallest absolute Gasteiger partial charge is 0.267 e. The average Bonchev–Trinajstić information content (AvgIpc) is 3.25. The van der Waals surface area contributed by atoms with E-state index in [1.807, 2.05) is 43.3 Å². The highest BCUT2D eigenvalue weighted by Crippen LogP contribution is 2.32. The van der Waals surface area contributed by atoms with E-state index in [0.29, 0.717) is 4.88 Å². The highest BCUT2D eigenvalue weighted by molar-refractivity contribution is 7.17. The zero-order valence-electron chi connectivity index (χ0n) is 15.0. The van der Waals surface area contributed by atoms with Gasteiger partial charge in [0.25, 0.3) is 5.91 Å². The van der Waals surface area contributed by atoms with Crippen LogP contribution in [0.1, 0.15) is 27.9 Å². The van der Waals surface area contributed by atoms with Crippen molar-refractivity contribution < 1.29 is 4.79 Å². The van der Waals surface area contributed by atoms with Crippen molar-refractivity contribution in [3.8, 4) is 10.6 Å². The monoisotopic (exact) mass is 363 g/mol. The number of nitrogens with zero attached hydrogens (tertiary/aromatic N) is 2. The molecule has 2 aromatic carbocycles. The third-order valence-corrected chi connectivity index (χ3v) is 5.95. The Morgan fingerprint density at radius 3 is 2.81 bits per heavy atom. The molecule has 0 bridgehead atoms. The molecule has 5 heteroatoms. The minimum atomic E-state index is -0.0943. The molecule has 1 amide bonds. The fourth-order valence-corrected chi connectivity index (χ4v) is 4.32. The first-order valence-corrected chi connectivity index (χ1v) is 9.69. The van der Waals surface area contributed by atoms with Crippen LogP contribution < -0.4 is 10.2 Å². The zero-order valence-corrected chi connectivity index (χ0v) is 15.8. The van der Waals surface area contributed by atoms with Gasteiger partial charge in [0, 0.05) is 30.0 Å². The van der Waals surface area contributed by atoms with Gasteiger partial charge in [-0.3, -0.25) is 4.79 Å². The molecule has 0 fully saturated rings. The SMILES string of the molecule is CCN1CCc2ccc(NC(=O)c3sc(-c4ccccc4)nc3C)cc21. The van der Waals surface area contributed by atoms with E-state index >= 15 is 0 Å². The second-order valence-electron chi connectivity index (χ2n) is 6.43. The van der Waals surface area contributed by atoms with Crippen LogP contribution in [0.2, 0.25) is 0 Å². The Balaban J connectivity index is 1.57. The lowest BCUT2D eigenvalue weighted by atomic mass is 10.1. The molecule has 0 aliphatic carbocycles. The maximum atomic E-state index is 12.8. The Morgan fingerprint density at radius 2 is 2.04 bits per heavy atom. The molecule has 0 unspecified atom stereocenters. The molecule has 26 heavy (non-hydrogen) atoms. The average molecular weight is 363 g/mol. The van der Waals surface area contributed by atoms with Crippen LogP contribution in [-0.4, -0.2) is 24.0 Å². The summed E-state index contributed by atoms with van der Waals surface area (Å²) < 4.78 is 0. The Bertz CT molecular complexity index is 949. The molecule has 0 saturated carbocycles. The summed E-state index contributed by atoms with van der Waals surface area (Å²) in [5, 5.41) is 3.92. The maximum absolute atomic E-state index is 12.8. The van der Waals surface area contributed by atoms with E-state index in [0.717, 1.165) is 41.5 Å². The molecule has 4 rings (SSSR count). The number of carbonyl (C=O) groups is 1. The van der Waals surface area contributed by atoms with Crippen molar-refractivity contribution in [3.05, 3.63) is 64.7 Å². The van der Waals surface area contributed by atoms with E-state index < -0.39 is 0 Å². The highest BCUT2D eigenvalue weighted by Gasteiger charge is 2.20. The summed E-state index contributed by atoms with van der Waals surface area (Å²) in [4.78, 5) is 20.4. The van der Waals surface area contributed by atoms with Crippen LogP contribution in [-0.2, 0) is 6.42 Å². The van der Waals surface area contributed by atoms with Crippen LogP contribution in [0, 0.1) is 6.92 Å². The predicted molar refractivity (Wildman–Crippen MR) is 108 cm³/mol.